The van der Waals surface area contributed by atoms with Crippen molar-refractivity contribution in [3.63, 3.8) is 0 Å². The number of aliphatic carboxylic acids is 1. The standard InChI is InChI=1S/C15H20FNO4/c1-9(2)6-10(7-13(19)20)8-17-15(21)14-11(16)4-3-5-12(14)18/h3-5,9-10,18H,6-8H2,1-2H3,(H,17,21)(H,19,20)/t10-/m0/s1. The molecule has 21 heavy (non-hydrogen) atoms. The highest BCUT2D eigenvalue weighted by Crippen LogP contribution is 2.20. The van der Waals surface area contributed by atoms with Crippen molar-refractivity contribution >= 4 is 11.9 Å². The number of hydrogen-bond donors (Lipinski definition) is 3. The Hall–Kier alpha value is -2.11. The molecule has 0 aromatic heterocycles. The number of hydrogen-bond acceptors (Lipinski definition) is 3. The van der Waals surface area contributed by atoms with Crippen LogP contribution in [0.1, 0.15) is 37.0 Å². The van der Waals surface area contributed by atoms with Crippen molar-refractivity contribution in [1.29, 1.82) is 0 Å². The van der Waals surface area contributed by atoms with Gasteiger partial charge in [-0.05, 0) is 30.4 Å². The van der Waals surface area contributed by atoms with E-state index in [1.807, 2.05) is 13.8 Å². The van der Waals surface area contributed by atoms with Crippen LogP contribution in [0.4, 0.5) is 4.39 Å². The SMILES string of the molecule is CC(C)C[C@H](CNC(=O)c1c(O)cccc1F)CC(=O)O. The van der Waals surface area contributed by atoms with E-state index < -0.39 is 29.0 Å². The first-order chi connectivity index (χ1) is 9.81. The maximum Gasteiger partial charge on any atom is 0.303 e. The highest BCUT2D eigenvalue weighted by Gasteiger charge is 2.20. The summed E-state index contributed by atoms with van der Waals surface area (Å²) in [6, 6.07) is 3.60. The summed E-state index contributed by atoms with van der Waals surface area (Å²) < 4.78 is 13.5. The van der Waals surface area contributed by atoms with Gasteiger partial charge in [0.15, 0.2) is 0 Å². The van der Waals surface area contributed by atoms with Gasteiger partial charge in [0.25, 0.3) is 5.91 Å². The van der Waals surface area contributed by atoms with Gasteiger partial charge in [0.05, 0.1) is 0 Å². The normalized spacial score (nSPS) is 12.2. The molecule has 0 spiro atoms. The van der Waals surface area contributed by atoms with Crippen molar-refractivity contribution in [2.45, 2.75) is 26.7 Å². The van der Waals surface area contributed by atoms with E-state index in [-0.39, 0.29) is 24.8 Å². The van der Waals surface area contributed by atoms with Gasteiger partial charge >= 0.3 is 5.97 Å². The van der Waals surface area contributed by atoms with E-state index in [0.29, 0.717) is 6.42 Å². The van der Waals surface area contributed by atoms with Gasteiger partial charge in [-0.3, -0.25) is 9.59 Å². The predicted molar refractivity (Wildman–Crippen MR) is 75.6 cm³/mol. The van der Waals surface area contributed by atoms with E-state index in [2.05, 4.69) is 5.32 Å². The second kappa shape index (κ2) is 7.61. The lowest BCUT2D eigenvalue weighted by Gasteiger charge is -2.18. The van der Waals surface area contributed by atoms with Crippen LogP contribution in [0.5, 0.6) is 5.75 Å². The number of halogens is 1. The fourth-order valence-electron chi connectivity index (χ4n) is 2.22. The summed E-state index contributed by atoms with van der Waals surface area (Å²) in [7, 11) is 0. The number of benzene rings is 1. The van der Waals surface area contributed by atoms with Crippen LogP contribution in [0.25, 0.3) is 0 Å². The summed E-state index contributed by atoms with van der Waals surface area (Å²) in [6.45, 7) is 4.04. The van der Waals surface area contributed by atoms with Gasteiger partial charge in [0.2, 0.25) is 0 Å². The molecule has 1 amide bonds. The van der Waals surface area contributed by atoms with Gasteiger partial charge in [-0.25, -0.2) is 4.39 Å². The molecule has 6 heteroatoms. The van der Waals surface area contributed by atoms with Crippen molar-refractivity contribution in [3.05, 3.63) is 29.6 Å². The summed E-state index contributed by atoms with van der Waals surface area (Å²) in [5.41, 5.74) is -0.420. The van der Waals surface area contributed by atoms with E-state index in [4.69, 9.17) is 5.11 Å². The molecular formula is C15H20FNO4. The van der Waals surface area contributed by atoms with Crippen molar-refractivity contribution in [2.24, 2.45) is 11.8 Å². The molecule has 0 aliphatic heterocycles. The van der Waals surface area contributed by atoms with Crippen LogP contribution in [0.15, 0.2) is 18.2 Å². The molecule has 0 fully saturated rings. The summed E-state index contributed by atoms with van der Waals surface area (Å²) in [5, 5.41) is 20.9. The van der Waals surface area contributed by atoms with Gasteiger partial charge in [-0.15, -0.1) is 0 Å². The Bertz CT molecular complexity index is 496. The third kappa shape index (κ3) is 5.41. The number of aromatic hydroxyl groups is 1. The zero-order valence-electron chi connectivity index (χ0n) is 12.1. The van der Waals surface area contributed by atoms with E-state index >= 15 is 0 Å². The van der Waals surface area contributed by atoms with Crippen molar-refractivity contribution in [1.82, 2.24) is 5.32 Å². The molecule has 3 N–H and O–H groups in total. The van der Waals surface area contributed by atoms with E-state index in [9.17, 15) is 19.1 Å². The predicted octanol–water partition coefficient (Wildman–Crippen LogP) is 2.40. The minimum atomic E-state index is -0.941. The number of rotatable bonds is 7. The molecule has 0 heterocycles. The lowest BCUT2D eigenvalue weighted by Crippen LogP contribution is -2.31. The minimum absolute atomic E-state index is 0.0677. The quantitative estimate of drug-likeness (QED) is 0.721. The Morgan fingerprint density at radius 2 is 2.00 bits per heavy atom. The smallest absolute Gasteiger partial charge is 0.303 e. The molecular weight excluding hydrogens is 277 g/mol. The van der Waals surface area contributed by atoms with Crippen LogP contribution in [0.3, 0.4) is 0 Å². The van der Waals surface area contributed by atoms with Crippen LogP contribution < -0.4 is 5.32 Å². The molecule has 0 aliphatic rings. The number of carbonyl (C=O) groups excluding carboxylic acids is 1. The van der Waals surface area contributed by atoms with Gasteiger partial charge in [0, 0.05) is 13.0 Å². The summed E-state index contributed by atoms with van der Waals surface area (Å²) in [5.74, 6) is -2.89. The van der Waals surface area contributed by atoms with Crippen molar-refractivity contribution in [2.75, 3.05) is 6.54 Å². The number of phenols is 1. The first-order valence-corrected chi connectivity index (χ1v) is 6.78. The highest BCUT2D eigenvalue weighted by atomic mass is 19.1. The first kappa shape index (κ1) is 16.9. The third-order valence-electron chi connectivity index (χ3n) is 3.04. The molecule has 0 bridgehead atoms. The molecule has 0 radical (unpaired) electrons. The second-order valence-electron chi connectivity index (χ2n) is 5.44. The molecule has 1 rings (SSSR count). The molecule has 0 saturated carbocycles. The van der Waals surface area contributed by atoms with Gasteiger partial charge < -0.3 is 15.5 Å². The van der Waals surface area contributed by atoms with Crippen LogP contribution in [0.2, 0.25) is 0 Å². The van der Waals surface area contributed by atoms with Gasteiger partial charge in [-0.1, -0.05) is 19.9 Å². The Kier molecular flexibility index (Phi) is 6.14. The maximum atomic E-state index is 13.5. The Morgan fingerprint density at radius 3 is 2.52 bits per heavy atom. The largest absolute Gasteiger partial charge is 0.507 e. The number of nitrogens with one attached hydrogen (secondary N) is 1. The first-order valence-electron chi connectivity index (χ1n) is 6.78. The summed E-state index contributed by atoms with van der Waals surface area (Å²) >= 11 is 0. The van der Waals surface area contributed by atoms with E-state index in [1.165, 1.54) is 12.1 Å². The molecule has 0 saturated heterocycles. The zero-order valence-corrected chi connectivity index (χ0v) is 12.1. The van der Waals surface area contributed by atoms with Gasteiger partial charge in [-0.2, -0.15) is 0 Å². The maximum absolute atomic E-state index is 13.5. The fourth-order valence-corrected chi connectivity index (χ4v) is 2.22. The average molecular weight is 297 g/mol. The third-order valence-corrected chi connectivity index (χ3v) is 3.04. The summed E-state index contributed by atoms with van der Waals surface area (Å²) in [6.07, 6.45) is 0.567. The minimum Gasteiger partial charge on any atom is -0.507 e. The van der Waals surface area contributed by atoms with Crippen LogP contribution in [-0.2, 0) is 4.79 Å². The molecule has 1 aromatic carbocycles. The number of phenolic OH excluding ortho intramolecular Hbond substituents is 1. The average Bonchev–Trinajstić information content (AvgIpc) is 2.34. The fraction of sp³-hybridized carbons (Fsp3) is 0.467. The molecule has 116 valence electrons. The molecule has 0 unspecified atom stereocenters. The Balaban J connectivity index is 2.70. The zero-order chi connectivity index (χ0) is 16.0. The lowest BCUT2D eigenvalue weighted by molar-refractivity contribution is -0.138. The molecule has 5 nitrogen and oxygen atoms in total. The Labute approximate surface area is 122 Å². The van der Waals surface area contributed by atoms with Crippen LogP contribution in [0, 0.1) is 17.7 Å². The topological polar surface area (TPSA) is 86.6 Å². The van der Waals surface area contributed by atoms with Gasteiger partial charge in [0.1, 0.15) is 17.1 Å². The van der Waals surface area contributed by atoms with Crippen molar-refractivity contribution in [3.8, 4) is 5.75 Å². The number of carboxylic acids is 1. The van der Waals surface area contributed by atoms with Crippen molar-refractivity contribution < 1.29 is 24.2 Å². The molecule has 1 aromatic rings. The Morgan fingerprint density at radius 1 is 1.33 bits per heavy atom. The van der Waals surface area contributed by atoms with Crippen LogP contribution >= 0.6 is 0 Å². The van der Waals surface area contributed by atoms with E-state index in [0.717, 1.165) is 6.07 Å². The highest BCUT2D eigenvalue weighted by molar-refractivity contribution is 5.97. The number of carboxylic acid groups (broad SMARTS) is 1. The van der Waals surface area contributed by atoms with E-state index in [1.54, 1.807) is 0 Å². The number of amides is 1. The molecule has 0 aliphatic carbocycles. The monoisotopic (exact) mass is 297 g/mol. The lowest BCUT2D eigenvalue weighted by atomic mass is 9.94. The number of carbonyl (C=O) groups is 2. The van der Waals surface area contributed by atoms with Crippen LogP contribution in [-0.4, -0.2) is 28.6 Å². The molecule has 1 atom stereocenters. The second-order valence-corrected chi connectivity index (χ2v) is 5.44. The summed E-state index contributed by atoms with van der Waals surface area (Å²) in [4.78, 5) is 22.7.